The summed E-state index contributed by atoms with van der Waals surface area (Å²) in [4.78, 5) is 7.47. The summed E-state index contributed by atoms with van der Waals surface area (Å²) in [6.45, 7) is 12.4. The minimum absolute atomic E-state index is 0.0315. The van der Waals surface area contributed by atoms with E-state index in [1.807, 2.05) is 6.07 Å². The molecule has 7 heteroatoms. The van der Waals surface area contributed by atoms with Gasteiger partial charge in [-0.2, -0.15) is 0 Å². The summed E-state index contributed by atoms with van der Waals surface area (Å²) in [7, 11) is 0. The zero-order chi connectivity index (χ0) is 33.2. The van der Waals surface area contributed by atoms with Crippen LogP contribution in [0.2, 0.25) is 0 Å². The van der Waals surface area contributed by atoms with Crippen molar-refractivity contribution in [2.75, 3.05) is 17.2 Å². The highest BCUT2D eigenvalue weighted by Gasteiger charge is 2.42. The van der Waals surface area contributed by atoms with Crippen LogP contribution in [0, 0.1) is 0 Å². The van der Waals surface area contributed by atoms with Crippen molar-refractivity contribution in [3.05, 3.63) is 125 Å². The number of aliphatic imine (C=N–C) groups is 1. The van der Waals surface area contributed by atoms with Gasteiger partial charge in [0.15, 0.2) is 0 Å². The number of benzene rings is 3. The summed E-state index contributed by atoms with van der Waals surface area (Å²) in [5, 5.41) is 7.43. The van der Waals surface area contributed by atoms with Gasteiger partial charge < -0.3 is 21.2 Å². The third kappa shape index (κ3) is 6.14. The first-order valence-electron chi connectivity index (χ1n) is 16.6. The highest BCUT2D eigenvalue weighted by molar-refractivity contribution is 6.01. The van der Waals surface area contributed by atoms with Gasteiger partial charge in [-0.3, -0.25) is 4.99 Å². The monoisotopic (exact) mass is 626 g/mol. The molecule has 3 aliphatic rings. The second-order valence-corrected chi connectivity index (χ2v) is 13.6. The number of hydrogen-bond donors (Lipinski definition) is 2. The number of allylic oxidation sites excluding steroid dienone is 6. The van der Waals surface area contributed by atoms with Crippen molar-refractivity contribution in [2.45, 2.75) is 77.2 Å². The van der Waals surface area contributed by atoms with Crippen molar-refractivity contribution >= 4 is 28.5 Å². The molecule has 2 heterocycles. The third-order valence-electron chi connectivity index (χ3n) is 9.97. The van der Waals surface area contributed by atoms with Crippen LogP contribution in [0.4, 0.5) is 22.7 Å². The summed E-state index contributed by atoms with van der Waals surface area (Å²) < 4.78 is 6.70. The average Bonchev–Trinajstić information content (AvgIpc) is 3.45. The molecule has 47 heavy (non-hydrogen) atoms. The van der Waals surface area contributed by atoms with Crippen molar-refractivity contribution in [1.82, 2.24) is 0 Å². The van der Waals surface area contributed by atoms with Gasteiger partial charge in [0.1, 0.15) is 17.2 Å². The van der Waals surface area contributed by atoms with Crippen LogP contribution in [-0.2, 0) is 10.8 Å². The first kappa shape index (κ1) is 32.0. The number of para-hydroxylation sites is 2. The summed E-state index contributed by atoms with van der Waals surface area (Å²) in [6.07, 6.45) is 14.9. The molecule has 7 nitrogen and oxygen atoms in total. The Hall–Kier alpha value is -4.91. The van der Waals surface area contributed by atoms with Crippen molar-refractivity contribution < 1.29 is 4.74 Å². The number of likely N-dealkylation sites (N-methyl/N-ethyl adjacent to an activating group) is 1. The van der Waals surface area contributed by atoms with E-state index in [4.69, 9.17) is 21.3 Å². The minimum Gasteiger partial charge on any atom is -0.457 e. The number of nitrogen functional groups attached to an aromatic ring is 1. The lowest BCUT2D eigenvalue weighted by Crippen LogP contribution is -2.39. The molecule has 0 bridgehead atoms. The molecule has 242 valence electrons. The quantitative estimate of drug-likeness (QED) is 0.107. The van der Waals surface area contributed by atoms with E-state index in [2.05, 4.69) is 129 Å². The number of nitrogens with two attached hydrogens (primary N) is 2. The number of anilines is 2. The normalized spacial score (nSPS) is 20.9. The van der Waals surface area contributed by atoms with Crippen LogP contribution in [0.15, 0.2) is 129 Å². The Bertz CT molecular complexity index is 1840. The number of nitrogens with zero attached hydrogens (tertiary/aromatic N) is 4. The maximum Gasteiger partial charge on any atom is 0.133 e. The van der Waals surface area contributed by atoms with Gasteiger partial charge in [0.05, 0.1) is 17.4 Å². The van der Waals surface area contributed by atoms with Gasteiger partial charge in [-0.05, 0) is 72.7 Å². The molecule has 0 fully saturated rings. The molecule has 1 aliphatic carbocycles. The Morgan fingerprint density at radius 3 is 2.53 bits per heavy atom. The summed E-state index contributed by atoms with van der Waals surface area (Å²) in [6, 6.07) is 22.9. The number of hydrogen-bond acceptors (Lipinski definition) is 6. The molecule has 3 aromatic rings. The van der Waals surface area contributed by atoms with Crippen LogP contribution >= 0.6 is 0 Å². The Labute approximate surface area is 279 Å². The van der Waals surface area contributed by atoms with Crippen LogP contribution in [-0.4, -0.2) is 18.3 Å². The molecule has 0 saturated heterocycles. The maximum atomic E-state index is 6.70. The van der Waals surface area contributed by atoms with E-state index in [1.54, 1.807) is 12.1 Å². The van der Waals surface area contributed by atoms with E-state index < -0.39 is 0 Å². The molecule has 0 aromatic heterocycles. The van der Waals surface area contributed by atoms with Crippen LogP contribution in [0.1, 0.15) is 71.4 Å². The Morgan fingerprint density at radius 1 is 1.00 bits per heavy atom. The van der Waals surface area contributed by atoms with Crippen molar-refractivity contribution in [3.63, 3.8) is 0 Å². The van der Waals surface area contributed by atoms with Gasteiger partial charge in [0.2, 0.25) is 0 Å². The molecular weight excluding hydrogens is 580 g/mol. The maximum absolute atomic E-state index is 6.70. The summed E-state index contributed by atoms with van der Waals surface area (Å²) >= 11 is 0. The number of fused-ring (bicyclic) bond motifs is 2. The van der Waals surface area contributed by atoms with Gasteiger partial charge >= 0.3 is 0 Å². The zero-order valence-corrected chi connectivity index (χ0v) is 28.2. The largest absolute Gasteiger partial charge is 0.457 e. The van der Waals surface area contributed by atoms with Gasteiger partial charge in [-0.1, -0.05) is 99.7 Å². The molecule has 6 rings (SSSR count). The van der Waals surface area contributed by atoms with Crippen molar-refractivity contribution in [3.8, 4) is 5.75 Å². The molecule has 0 saturated carbocycles. The van der Waals surface area contributed by atoms with Crippen molar-refractivity contribution in [1.29, 1.82) is 0 Å². The third-order valence-corrected chi connectivity index (χ3v) is 9.97. The fourth-order valence-corrected chi connectivity index (χ4v) is 7.30. The predicted octanol–water partition coefficient (Wildman–Crippen LogP) is 9.72. The van der Waals surface area contributed by atoms with Gasteiger partial charge in [0.25, 0.3) is 0 Å². The molecule has 1 unspecified atom stereocenters. The fourth-order valence-electron chi connectivity index (χ4n) is 7.30. The molecule has 0 radical (unpaired) electrons. The molecular formula is C40H46N6O. The SMILES string of the molecule is CCN1c2ccccc2C(C)(C)C1/C=C/C1=C(Oc2ccc(N)c(N=NN)c2)C(=C/C=C/CC2=Nc3ccccc3C2(C)C)/CCC1. The van der Waals surface area contributed by atoms with E-state index >= 15 is 0 Å². The number of ether oxygens (including phenoxy) is 1. The Morgan fingerprint density at radius 2 is 1.77 bits per heavy atom. The van der Waals surface area contributed by atoms with E-state index in [1.165, 1.54) is 28.1 Å². The standard InChI is InChI=1S/C40H46N6O/c1-6-46-35-20-11-9-18-31(35)40(4,5)37(46)25-22-28-16-13-15-27(38(28)47-29-23-24-32(41)34(26-29)44-45-42)14-7-12-21-36-39(2,3)30-17-8-10-19-33(30)43-36/h7-12,14,17-20,22-26,37H,6,13,15-16,21,41H2,1-5H3,(H2,42,44)/b12-7+,25-22+,27-14+. The van der Waals surface area contributed by atoms with Crippen molar-refractivity contribution in [2.24, 2.45) is 21.2 Å². The fraction of sp³-hybridized carbons (Fsp3) is 0.325. The van der Waals surface area contributed by atoms with Gasteiger partial charge in [0, 0.05) is 41.3 Å². The lowest BCUT2D eigenvalue weighted by atomic mass is 9.80. The van der Waals surface area contributed by atoms with Crippen LogP contribution < -0.4 is 21.2 Å². The van der Waals surface area contributed by atoms with Crippen LogP contribution in [0.3, 0.4) is 0 Å². The second-order valence-electron chi connectivity index (χ2n) is 13.6. The molecule has 1 atom stereocenters. The molecule has 4 N–H and O–H groups in total. The minimum atomic E-state index is -0.0845. The molecule has 0 spiro atoms. The highest BCUT2D eigenvalue weighted by atomic mass is 16.5. The number of rotatable bonds is 9. The first-order chi connectivity index (χ1) is 22.6. The lowest BCUT2D eigenvalue weighted by molar-refractivity contribution is 0.415. The highest BCUT2D eigenvalue weighted by Crippen LogP contribution is 2.46. The summed E-state index contributed by atoms with van der Waals surface area (Å²) in [5.74, 6) is 6.87. The average molecular weight is 627 g/mol. The zero-order valence-electron chi connectivity index (χ0n) is 28.2. The van der Waals surface area contributed by atoms with E-state index in [0.29, 0.717) is 17.1 Å². The second kappa shape index (κ2) is 13.1. The molecule has 3 aromatic carbocycles. The van der Waals surface area contributed by atoms with E-state index in [0.717, 1.165) is 49.2 Å². The lowest BCUT2D eigenvalue weighted by Gasteiger charge is -2.32. The van der Waals surface area contributed by atoms with E-state index in [9.17, 15) is 0 Å². The first-order valence-corrected chi connectivity index (χ1v) is 16.6. The van der Waals surface area contributed by atoms with Crippen LogP contribution in [0.5, 0.6) is 5.75 Å². The van der Waals surface area contributed by atoms with Gasteiger partial charge in [-0.15, -0.1) is 5.11 Å². The Balaban J connectivity index is 1.33. The molecule has 0 amide bonds. The summed E-state index contributed by atoms with van der Waals surface area (Å²) in [5.41, 5.74) is 15.6. The molecule has 2 aliphatic heterocycles. The van der Waals surface area contributed by atoms with E-state index in [-0.39, 0.29) is 16.9 Å². The smallest absolute Gasteiger partial charge is 0.133 e. The Kier molecular flexibility index (Phi) is 8.91. The van der Waals surface area contributed by atoms with Gasteiger partial charge in [-0.25, -0.2) is 0 Å². The van der Waals surface area contributed by atoms with Crippen LogP contribution in [0.25, 0.3) is 0 Å². The topological polar surface area (TPSA) is 102 Å². The predicted molar refractivity (Wildman–Crippen MR) is 195 cm³/mol.